The first-order valence-corrected chi connectivity index (χ1v) is 7.37. The van der Waals surface area contributed by atoms with Gasteiger partial charge in [0, 0.05) is 10.9 Å². The molecule has 2 aliphatic rings. The van der Waals surface area contributed by atoms with E-state index in [1.165, 1.54) is 18.4 Å². The molecule has 0 N–H and O–H groups in total. The summed E-state index contributed by atoms with van der Waals surface area (Å²) in [6.45, 7) is 2.05. The summed E-state index contributed by atoms with van der Waals surface area (Å²) in [6.07, 6.45) is 5.08. The SMILES string of the molecule is Cc1cc(OC2CC(=O)C23CCCC3)ccc1Br. The summed E-state index contributed by atoms with van der Waals surface area (Å²) in [5.41, 5.74) is 1.03. The highest BCUT2D eigenvalue weighted by molar-refractivity contribution is 9.10. The number of carbonyl (C=O) groups excluding carboxylic acids is 1. The first-order valence-electron chi connectivity index (χ1n) is 6.58. The highest BCUT2D eigenvalue weighted by atomic mass is 79.9. The molecule has 0 aliphatic heterocycles. The van der Waals surface area contributed by atoms with E-state index in [4.69, 9.17) is 4.74 Å². The molecule has 96 valence electrons. The Morgan fingerprint density at radius 2 is 2.06 bits per heavy atom. The fraction of sp³-hybridized carbons (Fsp3) is 0.533. The molecule has 2 nitrogen and oxygen atoms in total. The lowest BCUT2D eigenvalue weighted by atomic mass is 9.63. The Morgan fingerprint density at radius 3 is 2.67 bits per heavy atom. The minimum Gasteiger partial charge on any atom is -0.489 e. The number of benzene rings is 1. The second-order valence-corrected chi connectivity index (χ2v) is 6.36. The molecule has 2 saturated carbocycles. The molecule has 0 saturated heterocycles. The van der Waals surface area contributed by atoms with Crippen LogP contribution in [-0.4, -0.2) is 11.9 Å². The fourth-order valence-corrected chi connectivity index (χ4v) is 3.48. The summed E-state index contributed by atoms with van der Waals surface area (Å²) in [5, 5.41) is 0. The van der Waals surface area contributed by atoms with Gasteiger partial charge in [0.1, 0.15) is 17.6 Å². The molecule has 0 bridgehead atoms. The molecule has 2 fully saturated rings. The van der Waals surface area contributed by atoms with Crippen LogP contribution in [0.25, 0.3) is 0 Å². The minimum atomic E-state index is -0.138. The largest absolute Gasteiger partial charge is 0.489 e. The zero-order valence-electron chi connectivity index (χ0n) is 10.5. The first kappa shape index (κ1) is 12.2. The number of ketones is 1. The maximum atomic E-state index is 11.9. The van der Waals surface area contributed by atoms with E-state index in [0.717, 1.165) is 23.1 Å². The van der Waals surface area contributed by atoms with E-state index in [1.807, 2.05) is 25.1 Å². The number of aryl methyl sites for hydroxylation is 1. The van der Waals surface area contributed by atoms with Gasteiger partial charge in [0.2, 0.25) is 0 Å². The van der Waals surface area contributed by atoms with Crippen LogP contribution in [0.3, 0.4) is 0 Å². The van der Waals surface area contributed by atoms with Gasteiger partial charge in [-0.15, -0.1) is 0 Å². The maximum absolute atomic E-state index is 11.9. The third kappa shape index (κ3) is 1.80. The highest BCUT2D eigenvalue weighted by Gasteiger charge is 2.57. The van der Waals surface area contributed by atoms with Crippen molar-refractivity contribution in [1.29, 1.82) is 0 Å². The Kier molecular flexibility index (Phi) is 2.97. The topological polar surface area (TPSA) is 26.3 Å². The first-order chi connectivity index (χ1) is 8.62. The predicted molar refractivity (Wildman–Crippen MR) is 73.8 cm³/mol. The van der Waals surface area contributed by atoms with Crippen LogP contribution < -0.4 is 4.74 Å². The second-order valence-electron chi connectivity index (χ2n) is 5.51. The van der Waals surface area contributed by atoms with E-state index in [1.54, 1.807) is 0 Å². The van der Waals surface area contributed by atoms with Gasteiger partial charge in [-0.2, -0.15) is 0 Å². The monoisotopic (exact) mass is 308 g/mol. The van der Waals surface area contributed by atoms with Crippen molar-refractivity contribution in [2.24, 2.45) is 5.41 Å². The molecule has 1 unspecified atom stereocenters. The standard InChI is InChI=1S/C15H17BrO2/c1-10-8-11(4-5-12(10)16)18-14-9-13(17)15(14)6-2-3-7-15/h4-5,8,14H,2-3,6-7,9H2,1H3. The van der Waals surface area contributed by atoms with Crippen molar-refractivity contribution in [3.63, 3.8) is 0 Å². The van der Waals surface area contributed by atoms with Crippen LogP contribution in [0.1, 0.15) is 37.7 Å². The molecule has 0 heterocycles. The van der Waals surface area contributed by atoms with E-state index in [0.29, 0.717) is 12.2 Å². The van der Waals surface area contributed by atoms with E-state index in [2.05, 4.69) is 15.9 Å². The molecule has 1 aromatic carbocycles. The van der Waals surface area contributed by atoms with Crippen molar-refractivity contribution in [2.45, 2.75) is 45.1 Å². The zero-order valence-corrected chi connectivity index (χ0v) is 12.1. The Balaban J connectivity index is 1.77. The molecule has 1 spiro atoms. The van der Waals surface area contributed by atoms with Gasteiger partial charge in [0.25, 0.3) is 0 Å². The number of hydrogen-bond donors (Lipinski definition) is 0. The van der Waals surface area contributed by atoms with E-state index >= 15 is 0 Å². The summed E-state index contributed by atoms with van der Waals surface area (Å²) in [6, 6.07) is 6.02. The Labute approximate surface area is 116 Å². The summed E-state index contributed by atoms with van der Waals surface area (Å²) in [7, 11) is 0. The van der Waals surface area contributed by atoms with Crippen LogP contribution >= 0.6 is 15.9 Å². The summed E-state index contributed by atoms with van der Waals surface area (Å²) >= 11 is 3.49. The molecule has 0 radical (unpaired) electrons. The number of carbonyl (C=O) groups is 1. The van der Waals surface area contributed by atoms with Crippen molar-refractivity contribution < 1.29 is 9.53 Å². The molecule has 18 heavy (non-hydrogen) atoms. The van der Waals surface area contributed by atoms with E-state index in [-0.39, 0.29) is 11.5 Å². The minimum absolute atomic E-state index is 0.105. The average Bonchev–Trinajstić information content (AvgIpc) is 2.85. The summed E-state index contributed by atoms with van der Waals surface area (Å²) in [4.78, 5) is 11.9. The zero-order chi connectivity index (χ0) is 12.8. The van der Waals surface area contributed by atoms with Crippen molar-refractivity contribution in [1.82, 2.24) is 0 Å². The van der Waals surface area contributed by atoms with Gasteiger partial charge < -0.3 is 4.74 Å². The van der Waals surface area contributed by atoms with E-state index in [9.17, 15) is 4.79 Å². The van der Waals surface area contributed by atoms with Crippen LogP contribution in [0.4, 0.5) is 0 Å². The predicted octanol–water partition coefficient (Wildman–Crippen LogP) is 4.04. The normalized spacial score (nSPS) is 25.2. The van der Waals surface area contributed by atoms with Crippen LogP contribution in [0, 0.1) is 12.3 Å². The molecular formula is C15H17BrO2. The molecule has 1 atom stereocenters. The molecule has 0 amide bonds. The lowest BCUT2D eigenvalue weighted by molar-refractivity contribution is -0.151. The molecule has 3 rings (SSSR count). The Bertz CT molecular complexity index is 489. The van der Waals surface area contributed by atoms with Crippen molar-refractivity contribution in [2.75, 3.05) is 0 Å². The number of rotatable bonds is 2. The lowest BCUT2D eigenvalue weighted by Gasteiger charge is -2.44. The van der Waals surface area contributed by atoms with Crippen molar-refractivity contribution >= 4 is 21.7 Å². The molecule has 0 aromatic heterocycles. The molecule has 1 aromatic rings. The van der Waals surface area contributed by atoms with Gasteiger partial charge >= 0.3 is 0 Å². The maximum Gasteiger partial charge on any atom is 0.146 e. The average molecular weight is 309 g/mol. The number of ether oxygens (including phenoxy) is 1. The number of halogens is 1. The molecule has 2 aliphatic carbocycles. The third-order valence-corrected chi connectivity index (χ3v) is 5.34. The number of Topliss-reactive ketones (excluding diaryl/α,β-unsaturated/α-hetero) is 1. The highest BCUT2D eigenvalue weighted by Crippen LogP contribution is 2.52. The smallest absolute Gasteiger partial charge is 0.146 e. The van der Waals surface area contributed by atoms with Gasteiger partial charge in [-0.05, 0) is 43.5 Å². The van der Waals surface area contributed by atoms with Crippen molar-refractivity contribution in [3.05, 3.63) is 28.2 Å². The van der Waals surface area contributed by atoms with E-state index < -0.39 is 0 Å². The second kappa shape index (κ2) is 4.37. The number of hydrogen-bond acceptors (Lipinski definition) is 2. The summed E-state index contributed by atoms with van der Waals surface area (Å²) in [5.74, 6) is 1.30. The van der Waals surface area contributed by atoms with Gasteiger partial charge in [0.15, 0.2) is 0 Å². The fourth-order valence-electron chi connectivity index (χ4n) is 3.23. The summed E-state index contributed by atoms with van der Waals surface area (Å²) < 4.78 is 7.15. The van der Waals surface area contributed by atoms with Gasteiger partial charge in [-0.25, -0.2) is 0 Å². The Morgan fingerprint density at radius 1 is 1.33 bits per heavy atom. The van der Waals surface area contributed by atoms with Gasteiger partial charge in [-0.1, -0.05) is 28.8 Å². The molecular weight excluding hydrogens is 292 g/mol. The lowest BCUT2D eigenvalue weighted by Crippen LogP contribution is -2.55. The third-order valence-electron chi connectivity index (χ3n) is 4.45. The van der Waals surface area contributed by atoms with Gasteiger partial charge in [0.05, 0.1) is 5.41 Å². The van der Waals surface area contributed by atoms with Crippen molar-refractivity contribution in [3.8, 4) is 5.75 Å². The van der Waals surface area contributed by atoms with Crippen LogP contribution in [0.15, 0.2) is 22.7 Å². The van der Waals surface area contributed by atoms with Crippen LogP contribution in [-0.2, 0) is 4.79 Å². The van der Waals surface area contributed by atoms with Crippen LogP contribution in [0.2, 0.25) is 0 Å². The quantitative estimate of drug-likeness (QED) is 0.824. The van der Waals surface area contributed by atoms with Crippen LogP contribution in [0.5, 0.6) is 5.75 Å². The van der Waals surface area contributed by atoms with Gasteiger partial charge in [-0.3, -0.25) is 4.79 Å². The Hall–Kier alpha value is -0.830. The molecule has 3 heteroatoms.